The number of nitrogens with one attached hydrogen (secondary N) is 1. The molecule has 0 spiro atoms. The van der Waals surface area contributed by atoms with Gasteiger partial charge in [0.05, 0.1) is 18.5 Å². The first-order valence-corrected chi connectivity index (χ1v) is 8.22. The van der Waals surface area contributed by atoms with Gasteiger partial charge in [-0.3, -0.25) is 4.79 Å². The lowest BCUT2D eigenvalue weighted by molar-refractivity contribution is -0.691. The zero-order valence-electron chi connectivity index (χ0n) is 12.2. The van der Waals surface area contributed by atoms with Gasteiger partial charge in [0.2, 0.25) is 5.91 Å². The molecule has 0 aliphatic heterocycles. The monoisotopic (exact) mass is 334 g/mol. The summed E-state index contributed by atoms with van der Waals surface area (Å²) in [6.07, 6.45) is 0.386. The summed E-state index contributed by atoms with van der Waals surface area (Å²) in [5.74, 6) is -0.0819. The molecule has 0 radical (unpaired) electrons. The Balaban J connectivity index is 1.80. The van der Waals surface area contributed by atoms with Gasteiger partial charge in [-0.15, -0.1) is 11.3 Å². The highest BCUT2D eigenvalue weighted by Gasteiger charge is 2.13. The number of benzene rings is 1. The lowest BCUT2D eigenvalue weighted by Crippen LogP contribution is -2.85. The number of thiophene rings is 1. The highest BCUT2D eigenvalue weighted by Crippen LogP contribution is 2.22. The summed E-state index contributed by atoms with van der Waals surface area (Å²) in [4.78, 5) is 11.9. The van der Waals surface area contributed by atoms with Crippen LogP contribution in [-0.4, -0.2) is 12.5 Å². The molecule has 0 saturated carbocycles. The molecule has 2 rings (SSSR count). The van der Waals surface area contributed by atoms with Gasteiger partial charge in [0, 0.05) is 10.6 Å². The molecule has 1 aromatic heterocycles. The molecule has 0 unspecified atom stereocenters. The van der Waals surface area contributed by atoms with Crippen molar-refractivity contribution in [1.82, 2.24) is 0 Å². The molecule has 3 N–H and O–H groups in total. The van der Waals surface area contributed by atoms with E-state index in [9.17, 15) is 4.79 Å². The topological polar surface area (TPSA) is 69.5 Å². The van der Waals surface area contributed by atoms with Crippen LogP contribution in [0.4, 0.5) is 5.00 Å². The third kappa shape index (κ3) is 4.31. The SMILES string of the molecule is C[C@@H]([NH2+]CCC(=O)Nc1sccc1C#N)c1ccccc1Cl. The number of halogens is 1. The van der Waals surface area contributed by atoms with Crippen molar-refractivity contribution in [3.8, 4) is 6.07 Å². The third-order valence-corrected chi connectivity index (χ3v) is 4.50. The number of carbonyl (C=O) groups is 1. The average Bonchev–Trinajstić information content (AvgIpc) is 2.94. The smallest absolute Gasteiger partial charge is 0.230 e. The standard InChI is InChI=1S/C16H16ClN3OS/c1-11(13-4-2-3-5-14(13)17)19-8-6-15(21)20-16-12(10-18)7-9-22-16/h2-5,7,9,11,19H,6,8H2,1H3,(H,20,21)/p+1/t11-/m1/s1. The zero-order chi connectivity index (χ0) is 15.9. The van der Waals surface area contributed by atoms with Gasteiger partial charge in [0.25, 0.3) is 0 Å². The second kappa shape index (κ2) is 7.95. The first kappa shape index (κ1) is 16.5. The Bertz CT molecular complexity index is 693. The number of amides is 1. The number of nitriles is 1. The van der Waals surface area contributed by atoms with Crippen molar-refractivity contribution >= 4 is 33.8 Å². The van der Waals surface area contributed by atoms with Crippen molar-refractivity contribution in [3.05, 3.63) is 51.9 Å². The molecule has 0 aliphatic rings. The van der Waals surface area contributed by atoms with Gasteiger partial charge in [-0.2, -0.15) is 5.26 Å². The minimum Gasteiger partial charge on any atom is -0.340 e. The first-order chi connectivity index (χ1) is 10.6. The van der Waals surface area contributed by atoms with E-state index in [4.69, 9.17) is 16.9 Å². The van der Waals surface area contributed by atoms with E-state index in [-0.39, 0.29) is 11.9 Å². The van der Waals surface area contributed by atoms with E-state index in [1.54, 1.807) is 11.4 Å². The van der Waals surface area contributed by atoms with Crippen LogP contribution >= 0.6 is 22.9 Å². The molecule has 0 fully saturated rings. The quantitative estimate of drug-likeness (QED) is 0.852. The summed E-state index contributed by atoms with van der Waals surface area (Å²) in [5, 5.41) is 16.9. The molecular weight excluding hydrogens is 318 g/mol. The van der Waals surface area contributed by atoms with Crippen molar-refractivity contribution < 1.29 is 10.1 Å². The van der Waals surface area contributed by atoms with Crippen LogP contribution in [-0.2, 0) is 4.79 Å². The Morgan fingerprint density at radius 3 is 2.95 bits per heavy atom. The fourth-order valence-electron chi connectivity index (χ4n) is 2.12. The predicted octanol–water partition coefficient (Wildman–Crippen LogP) is 2.93. The summed E-state index contributed by atoms with van der Waals surface area (Å²) < 4.78 is 0. The van der Waals surface area contributed by atoms with Crippen molar-refractivity contribution in [2.75, 3.05) is 11.9 Å². The van der Waals surface area contributed by atoms with Gasteiger partial charge in [0.15, 0.2) is 0 Å². The number of hydrogen-bond acceptors (Lipinski definition) is 3. The zero-order valence-corrected chi connectivity index (χ0v) is 13.7. The summed E-state index contributed by atoms with van der Waals surface area (Å²) in [5.41, 5.74) is 1.57. The van der Waals surface area contributed by atoms with Gasteiger partial charge in [-0.25, -0.2) is 0 Å². The Morgan fingerprint density at radius 1 is 1.45 bits per heavy atom. The number of hydrogen-bond donors (Lipinski definition) is 2. The van der Waals surface area contributed by atoms with Crippen LogP contribution in [0.5, 0.6) is 0 Å². The molecule has 0 bridgehead atoms. The molecule has 0 aliphatic carbocycles. The van der Waals surface area contributed by atoms with E-state index < -0.39 is 0 Å². The van der Waals surface area contributed by atoms with Gasteiger partial charge in [-0.05, 0) is 24.4 Å². The number of nitrogens with two attached hydrogens (primary N) is 1. The largest absolute Gasteiger partial charge is 0.340 e. The van der Waals surface area contributed by atoms with Crippen LogP contribution in [0, 0.1) is 11.3 Å². The molecule has 1 atom stereocenters. The van der Waals surface area contributed by atoms with Gasteiger partial charge >= 0.3 is 0 Å². The molecule has 1 aromatic carbocycles. The molecule has 22 heavy (non-hydrogen) atoms. The molecule has 0 saturated heterocycles. The number of anilines is 1. The molecule has 1 heterocycles. The minimum absolute atomic E-state index is 0.0819. The van der Waals surface area contributed by atoms with E-state index in [1.165, 1.54) is 11.3 Å². The van der Waals surface area contributed by atoms with Crippen LogP contribution in [0.3, 0.4) is 0 Å². The fourth-order valence-corrected chi connectivity index (χ4v) is 3.18. The normalized spacial score (nSPS) is 11.7. The Morgan fingerprint density at radius 2 is 2.23 bits per heavy atom. The van der Waals surface area contributed by atoms with Crippen LogP contribution in [0.25, 0.3) is 0 Å². The summed E-state index contributed by atoms with van der Waals surface area (Å²) in [6.45, 7) is 2.72. The van der Waals surface area contributed by atoms with Gasteiger partial charge in [0.1, 0.15) is 17.1 Å². The Kier molecular flexibility index (Phi) is 5.96. The van der Waals surface area contributed by atoms with E-state index in [0.29, 0.717) is 23.5 Å². The highest BCUT2D eigenvalue weighted by molar-refractivity contribution is 7.14. The summed E-state index contributed by atoms with van der Waals surface area (Å²) in [6, 6.07) is 11.7. The minimum atomic E-state index is -0.0819. The molecule has 6 heteroatoms. The maximum Gasteiger partial charge on any atom is 0.230 e. The van der Waals surface area contributed by atoms with Crippen molar-refractivity contribution in [3.63, 3.8) is 0 Å². The van der Waals surface area contributed by atoms with Crippen molar-refractivity contribution in [2.24, 2.45) is 0 Å². The van der Waals surface area contributed by atoms with E-state index >= 15 is 0 Å². The third-order valence-electron chi connectivity index (χ3n) is 3.33. The van der Waals surface area contributed by atoms with Crippen LogP contribution in [0.15, 0.2) is 35.7 Å². The first-order valence-electron chi connectivity index (χ1n) is 6.97. The highest BCUT2D eigenvalue weighted by atomic mass is 35.5. The predicted molar refractivity (Wildman–Crippen MR) is 88.9 cm³/mol. The molecule has 2 aromatic rings. The van der Waals surface area contributed by atoms with Crippen LogP contribution in [0.2, 0.25) is 5.02 Å². The molecule has 4 nitrogen and oxygen atoms in total. The number of quaternary nitrogens is 1. The average molecular weight is 335 g/mol. The Hall–Kier alpha value is -1.87. The van der Waals surface area contributed by atoms with Gasteiger partial charge < -0.3 is 10.6 Å². The van der Waals surface area contributed by atoms with Crippen molar-refractivity contribution in [1.29, 1.82) is 5.26 Å². The lowest BCUT2D eigenvalue weighted by Gasteiger charge is -2.12. The van der Waals surface area contributed by atoms with E-state index in [2.05, 4.69) is 23.6 Å². The number of carbonyl (C=O) groups excluding carboxylic acids is 1. The molecule has 114 valence electrons. The van der Waals surface area contributed by atoms with E-state index in [0.717, 1.165) is 10.6 Å². The fraction of sp³-hybridized carbons (Fsp3) is 0.250. The molecule has 1 amide bonds. The lowest BCUT2D eigenvalue weighted by atomic mass is 10.1. The van der Waals surface area contributed by atoms with Gasteiger partial charge in [-0.1, -0.05) is 29.8 Å². The second-order valence-electron chi connectivity index (χ2n) is 4.91. The number of rotatable bonds is 6. The molecular formula is C16H17ClN3OS+. The summed E-state index contributed by atoms with van der Waals surface area (Å²) >= 11 is 7.52. The maximum absolute atomic E-state index is 11.9. The number of nitrogens with zero attached hydrogens (tertiary/aromatic N) is 1. The maximum atomic E-state index is 11.9. The van der Waals surface area contributed by atoms with E-state index in [1.807, 2.05) is 24.3 Å². The summed E-state index contributed by atoms with van der Waals surface area (Å²) in [7, 11) is 0. The van der Waals surface area contributed by atoms with Crippen LogP contribution in [0.1, 0.15) is 30.5 Å². The Labute approximate surface area is 138 Å². The van der Waals surface area contributed by atoms with Crippen molar-refractivity contribution in [2.45, 2.75) is 19.4 Å². The second-order valence-corrected chi connectivity index (χ2v) is 6.23. The van der Waals surface area contributed by atoms with Crippen LogP contribution < -0.4 is 10.6 Å².